The molecule has 0 spiro atoms. The number of amides is 1. The average molecular weight is 624 g/mol. The van der Waals surface area contributed by atoms with Gasteiger partial charge in [0.2, 0.25) is 0 Å². The fraction of sp³-hybridized carbons (Fsp3) is 0.633. The zero-order valence-electron chi connectivity index (χ0n) is 24.6. The van der Waals surface area contributed by atoms with E-state index in [-0.39, 0.29) is 46.9 Å². The number of thioether (sulfide) groups is 1. The van der Waals surface area contributed by atoms with Crippen LogP contribution in [-0.4, -0.2) is 90.5 Å². The van der Waals surface area contributed by atoms with E-state index in [0.29, 0.717) is 49.4 Å². The van der Waals surface area contributed by atoms with Crippen LogP contribution in [0.1, 0.15) is 66.2 Å². The van der Waals surface area contributed by atoms with Crippen molar-refractivity contribution >= 4 is 23.5 Å². The van der Waals surface area contributed by atoms with Crippen LogP contribution in [0.5, 0.6) is 0 Å². The SMILES string of the molecule is CO[C@@H]1COCC[C@@H]1NC1CCN(C(=O)c2ncnc(NCC3CCC[C@@H](c4ccc(SC(F)(F)F)cc4)O3)c2C)CC1. The van der Waals surface area contributed by atoms with E-state index < -0.39 is 5.51 Å². The largest absolute Gasteiger partial charge is 0.446 e. The zero-order chi connectivity index (χ0) is 30.4. The molecule has 0 bridgehead atoms. The van der Waals surface area contributed by atoms with E-state index >= 15 is 0 Å². The first-order chi connectivity index (χ1) is 20.7. The van der Waals surface area contributed by atoms with Gasteiger partial charge in [-0.1, -0.05) is 12.1 Å². The molecule has 1 aromatic heterocycles. The summed E-state index contributed by atoms with van der Waals surface area (Å²) in [6.45, 7) is 4.98. The number of methoxy groups -OCH3 is 1. The molecule has 13 heteroatoms. The standard InChI is InChI=1S/C30H40F3N5O4S/c1-19-27(29(39)38-13-10-21(11-14-38)37-24-12-15-41-17-26(24)40-2)35-18-36-28(19)34-16-22-4-3-5-25(42-22)20-6-8-23(9-7-20)43-30(31,32)33/h6-9,18,21-22,24-26,37H,3-5,10-17H2,1-2H3,(H,34,35,36)/t22?,24-,25-,26+/m0/s1. The van der Waals surface area contributed by atoms with Crippen LogP contribution in [0.2, 0.25) is 0 Å². The Labute approximate surface area is 254 Å². The van der Waals surface area contributed by atoms with Crippen LogP contribution in [0.3, 0.4) is 0 Å². The fourth-order valence-electron chi connectivity index (χ4n) is 6.07. The molecule has 3 saturated heterocycles. The van der Waals surface area contributed by atoms with Gasteiger partial charge in [0.25, 0.3) is 5.91 Å². The Morgan fingerprint density at radius 3 is 2.60 bits per heavy atom. The third-order valence-corrected chi connectivity index (χ3v) is 9.20. The molecule has 3 fully saturated rings. The van der Waals surface area contributed by atoms with Crippen molar-refractivity contribution in [3.05, 3.63) is 47.4 Å². The quantitative estimate of drug-likeness (QED) is 0.369. The molecule has 0 saturated carbocycles. The van der Waals surface area contributed by atoms with E-state index in [2.05, 4.69) is 20.6 Å². The minimum absolute atomic E-state index is 0.0465. The lowest BCUT2D eigenvalue weighted by molar-refractivity contribution is -0.0533. The van der Waals surface area contributed by atoms with Gasteiger partial charge in [0.05, 0.1) is 24.9 Å². The molecule has 2 aromatic rings. The lowest BCUT2D eigenvalue weighted by atomic mass is 9.98. The Balaban J connectivity index is 1.12. The van der Waals surface area contributed by atoms with Crippen molar-refractivity contribution in [1.29, 1.82) is 0 Å². The molecular formula is C30H40F3N5O4S. The molecule has 1 amide bonds. The first kappa shape index (κ1) is 32.0. The minimum atomic E-state index is -4.31. The maximum atomic E-state index is 13.4. The minimum Gasteiger partial charge on any atom is -0.379 e. The number of rotatable bonds is 9. The van der Waals surface area contributed by atoms with E-state index in [0.717, 1.165) is 50.7 Å². The monoisotopic (exact) mass is 623 g/mol. The number of hydrogen-bond donors (Lipinski definition) is 2. The predicted molar refractivity (Wildman–Crippen MR) is 157 cm³/mol. The fourth-order valence-corrected chi connectivity index (χ4v) is 6.61. The van der Waals surface area contributed by atoms with Crippen molar-refractivity contribution in [1.82, 2.24) is 20.2 Å². The second-order valence-electron chi connectivity index (χ2n) is 11.3. The van der Waals surface area contributed by atoms with Crippen LogP contribution >= 0.6 is 11.8 Å². The number of ether oxygens (including phenoxy) is 3. The first-order valence-corrected chi connectivity index (χ1v) is 15.7. The highest BCUT2D eigenvalue weighted by Crippen LogP contribution is 2.38. The normalized spacial score (nSPS) is 25.5. The van der Waals surface area contributed by atoms with Gasteiger partial charge in [0.1, 0.15) is 17.8 Å². The van der Waals surface area contributed by atoms with E-state index in [4.69, 9.17) is 14.2 Å². The molecule has 5 rings (SSSR count). The van der Waals surface area contributed by atoms with Gasteiger partial charge in [0.15, 0.2) is 0 Å². The van der Waals surface area contributed by atoms with Gasteiger partial charge in [-0.15, -0.1) is 0 Å². The number of carbonyl (C=O) groups is 1. The highest BCUT2D eigenvalue weighted by Gasteiger charge is 2.32. The smallest absolute Gasteiger partial charge is 0.379 e. The molecular weight excluding hydrogens is 583 g/mol. The van der Waals surface area contributed by atoms with Crippen LogP contribution in [0, 0.1) is 6.92 Å². The number of nitrogens with zero attached hydrogens (tertiary/aromatic N) is 3. The maximum absolute atomic E-state index is 13.4. The number of likely N-dealkylation sites (tertiary alicyclic amines) is 1. The summed E-state index contributed by atoms with van der Waals surface area (Å²) >= 11 is -0.118. The van der Waals surface area contributed by atoms with Crippen LogP contribution in [0.15, 0.2) is 35.5 Å². The van der Waals surface area contributed by atoms with Gasteiger partial charge in [0, 0.05) is 55.9 Å². The number of hydrogen-bond acceptors (Lipinski definition) is 9. The van der Waals surface area contributed by atoms with E-state index in [1.807, 2.05) is 11.8 Å². The molecule has 0 aliphatic carbocycles. The second-order valence-corrected chi connectivity index (χ2v) is 12.5. The highest BCUT2D eigenvalue weighted by atomic mass is 32.2. The highest BCUT2D eigenvalue weighted by molar-refractivity contribution is 8.00. The molecule has 43 heavy (non-hydrogen) atoms. The number of alkyl halides is 3. The average Bonchev–Trinajstić information content (AvgIpc) is 3.01. The summed E-state index contributed by atoms with van der Waals surface area (Å²) < 4.78 is 55.4. The topological polar surface area (TPSA) is 97.8 Å². The Morgan fingerprint density at radius 1 is 1.12 bits per heavy atom. The van der Waals surface area contributed by atoms with Gasteiger partial charge < -0.3 is 29.7 Å². The van der Waals surface area contributed by atoms with Gasteiger partial charge in [-0.25, -0.2) is 9.97 Å². The van der Waals surface area contributed by atoms with Crippen molar-refractivity contribution in [3.63, 3.8) is 0 Å². The number of aromatic nitrogens is 2. The summed E-state index contributed by atoms with van der Waals surface area (Å²) in [5.41, 5.74) is -2.35. The Morgan fingerprint density at radius 2 is 1.88 bits per heavy atom. The number of halogens is 3. The first-order valence-electron chi connectivity index (χ1n) is 14.9. The molecule has 2 N–H and O–H groups in total. The van der Waals surface area contributed by atoms with E-state index in [1.165, 1.54) is 18.5 Å². The summed E-state index contributed by atoms with van der Waals surface area (Å²) in [5, 5.41) is 7.06. The lowest BCUT2D eigenvalue weighted by Gasteiger charge is -2.38. The predicted octanol–water partition coefficient (Wildman–Crippen LogP) is 5.12. The third kappa shape index (κ3) is 8.59. The molecule has 236 valence electrons. The molecule has 1 aromatic carbocycles. The van der Waals surface area contributed by atoms with Crippen molar-refractivity contribution < 1.29 is 32.2 Å². The Bertz CT molecular complexity index is 1210. The van der Waals surface area contributed by atoms with Crippen LogP contribution < -0.4 is 10.6 Å². The molecule has 3 aliphatic heterocycles. The molecule has 0 radical (unpaired) electrons. The van der Waals surface area contributed by atoms with Crippen LogP contribution in [0.25, 0.3) is 0 Å². The van der Waals surface area contributed by atoms with E-state index in [1.54, 1.807) is 19.2 Å². The van der Waals surface area contributed by atoms with Gasteiger partial charge in [-0.2, -0.15) is 13.2 Å². The number of benzene rings is 1. The van der Waals surface area contributed by atoms with Crippen molar-refractivity contribution in [2.45, 2.75) is 86.2 Å². The number of piperidine rings is 1. The summed E-state index contributed by atoms with van der Waals surface area (Å²) in [6, 6.07) is 6.98. The number of nitrogens with one attached hydrogen (secondary N) is 2. The van der Waals surface area contributed by atoms with Crippen molar-refractivity contribution in [3.8, 4) is 0 Å². The van der Waals surface area contributed by atoms with Crippen molar-refractivity contribution in [2.75, 3.05) is 45.3 Å². The molecule has 1 unspecified atom stereocenters. The van der Waals surface area contributed by atoms with Crippen molar-refractivity contribution in [2.24, 2.45) is 0 Å². The molecule has 4 heterocycles. The summed E-state index contributed by atoms with van der Waals surface area (Å²) in [4.78, 5) is 24.2. The third-order valence-electron chi connectivity index (χ3n) is 8.46. The Kier molecular flexibility index (Phi) is 10.8. The molecule has 3 aliphatic rings. The lowest BCUT2D eigenvalue weighted by Crippen LogP contribution is -2.54. The van der Waals surface area contributed by atoms with Gasteiger partial charge >= 0.3 is 5.51 Å². The molecule has 4 atom stereocenters. The van der Waals surface area contributed by atoms with Gasteiger partial charge in [-0.3, -0.25) is 4.79 Å². The maximum Gasteiger partial charge on any atom is 0.446 e. The molecule has 9 nitrogen and oxygen atoms in total. The number of anilines is 1. The number of carbonyl (C=O) groups excluding carboxylic acids is 1. The van der Waals surface area contributed by atoms with Crippen LogP contribution in [-0.2, 0) is 14.2 Å². The zero-order valence-corrected chi connectivity index (χ0v) is 25.4. The summed E-state index contributed by atoms with van der Waals surface area (Å²) in [6.07, 6.45) is 6.41. The summed E-state index contributed by atoms with van der Waals surface area (Å²) in [5.74, 6) is 0.502. The Hall–Kier alpha value is -2.45. The van der Waals surface area contributed by atoms with E-state index in [9.17, 15) is 18.0 Å². The van der Waals surface area contributed by atoms with Gasteiger partial charge in [-0.05, 0) is 74.9 Å². The van der Waals surface area contributed by atoms with Crippen LogP contribution in [0.4, 0.5) is 19.0 Å². The summed E-state index contributed by atoms with van der Waals surface area (Å²) in [7, 11) is 1.72. The second kappa shape index (κ2) is 14.6.